The molecule has 0 spiro atoms. The molecule has 1 aromatic heterocycles. The highest BCUT2D eigenvalue weighted by atomic mass is 35.5. The Hall–Kier alpha value is -1.93. The molecule has 32 heavy (non-hydrogen) atoms. The molecular weight excluding hydrogens is 471 g/mol. The van der Waals surface area contributed by atoms with Gasteiger partial charge in [0, 0.05) is 29.2 Å². The lowest BCUT2D eigenvalue weighted by Crippen LogP contribution is -3.00. The number of Topliss-reactive ketones (excluding diaryl/α,β-unsaturated/α-hetero) is 1. The second-order valence-electron chi connectivity index (χ2n) is 8.21. The first kappa shape index (κ1) is 26.3. The highest BCUT2D eigenvalue weighted by Crippen LogP contribution is 2.36. The number of likely N-dealkylation sites (N-methyl/N-ethyl adjacent to an activating group) is 1. The average Bonchev–Trinajstić information content (AvgIpc) is 3.05. The maximum absolute atomic E-state index is 12.7. The molecule has 0 saturated heterocycles. The van der Waals surface area contributed by atoms with Crippen LogP contribution in [0.25, 0.3) is 0 Å². The third kappa shape index (κ3) is 6.54. The van der Waals surface area contributed by atoms with Crippen LogP contribution >= 0.6 is 22.9 Å². The summed E-state index contributed by atoms with van der Waals surface area (Å²) in [5.41, 5.74) is 8.08. The second kappa shape index (κ2) is 11.3. The van der Waals surface area contributed by atoms with Gasteiger partial charge >= 0.3 is 5.97 Å². The Morgan fingerprint density at radius 2 is 1.88 bits per heavy atom. The molecule has 0 fully saturated rings. The second-order valence-corrected chi connectivity index (χ2v) is 9.84. The third-order valence-electron chi connectivity index (χ3n) is 5.67. The van der Waals surface area contributed by atoms with Crippen molar-refractivity contribution in [3.63, 3.8) is 0 Å². The number of ketones is 1. The molecule has 0 bridgehead atoms. The molecule has 2 N–H and O–H groups in total. The van der Waals surface area contributed by atoms with E-state index in [0.717, 1.165) is 27.4 Å². The van der Waals surface area contributed by atoms with Crippen molar-refractivity contribution in [3.05, 3.63) is 55.7 Å². The lowest BCUT2D eigenvalue weighted by atomic mass is 9.97. The molecule has 174 valence electrons. The first-order chi connectivity index (χ1) is 14.7. The molecule has 1 aromatic carbocycles. The van der Waals surface area contributed by atoms with E-state index in [-0.39, 0.29) is 37.0 Å². The molecule has 1 unspecified atom stereocenters. The molecule has 2 heterocycles. The van der Waals surface area contributed by atoms with Gasteiger partial charge in [-0.05, 0) is 30.2 Å². The summed E-state index contributed by atoms with van der Waals surface area (Å²) in [7, 11) is 2.11. The summed E-state index contributed by atoms with van der Waals surface area (Å²) >= 11 is 7.41. The van der Waals surface area contributed by atoms with E-state index >= 15 is 0 Å². The Labute approximate surface area is 203 Å². The average molecular weight is 499 g/mol. The molecule has 6 nitrogen and oxygen atoms in total. The zero-order valence-electron chi connectivity index (χ0n) is 18.3. The predicted octanol–water partition coefficient (Wildman–Crippen LogP) is 0.315. The number of hydrogen-bond donors (Lipinski definition) is 1. The van der Waals surface area contributed by atoms with E-state index in [1.165, 1.54) is 11.3 Å². The number of amides is 1. The number of halogens is 2. The zero-order chi connectivity index (χ0) is 22.6. The Balaban J connectivity index is 0.00000363. The van der Waals surface area contributed by atoms with Gasteiger partial charge in [-0.2, -0.15) is 0 Å². The third-order valence-corrected chi connectivity index (χ3v) is 7.14. The van der Waals surface area contributed by atoms with Gasteiger partial charge in [0.2, 0.25) is 5.91 Å². The van der Waals surface area contributed by atoms with Gasteiger partial charge in [0.1, 0.15) is 12.3 Å². The Morgan fingerprint density at radius 3 is 2.50 bits per heavy atom. The number of ether oxygens (including phenoxy) is 1. The van der Waals surface area contributed by atoms with E-state index in [1.807, 2.05) is 12.1 Å². The lowest BCUT2D eigenvalue weighted by Gasteiger charge is -2.37. The molecule has 1 atom stereocenters. The minimum atomic E-state index is -0.477. The number of nitrogens with zero attached hydrogens (tertiary/aromatic N) is 1. The van der Waals surface area contributed by atoms with Crippen LogP contribution in [-0.2, 0) is 40.1 Å². The van der Waals surface area contributed by atoms with E-state index in [9.17, 15) is 14.4 Å². The quantitative estimate of drug-likeness (QED) is 0.398. The van der Waals surface area contributed by atoms with Crippen LogP contribution in [0.4, 0.5) is 0 Å². The Bertz CT molecular complexity index is 991. The fraction of sp³-hybridized carbons (Fsp3) is 0.435. The topological polar surface area (TPSA) is 86.5 Å². The number of hydrogen-bond acceptors (Lipinski definition) is 5. The maximum Gasteiger partial charge on any atom is 0.311 e. The summed E-state index contributed by atoms with van der Waals surface area (Å²) < 4.78 is 5.75. The van der Waals surface area contributed by atoms with Crippen LogP contribution in [-0.4, -0.2) is 48.9 Å². The minimum Gasteiger partial charge on any atom is -1.00 e. The van der Waals surface area contributed by atoms with Crippen LogP contribution < -0.4 is 18.1 Å². The van der Waals surface area contributed by atoms with Gasteiger partial charge in [-0.15, -0.1) is 11.3 Å². The molecule has 9 heteroatoms. The number of esters is 1. The van der Waals surface area contributed by atoms with Crippen molar-refractivity contribution in [1.82, 2.24) is 0 Å². The molecule has 2 aromatic rings. The standard InChI is InChI=1S/C23H27ClN2O4S.ClH/c1-3-30-21(28)9-11-26(2)10-8-18-20(14-26)31-19(22(18)23(25)29)13-17(27)12-15-4-6-16(24)7-5-15;/h4-7H,3,8-14H2,1-2H3,(H-,25,29);1H. The number of fused-ring (bicyclic) bond motifs is 1. The number of nitrogens with two attached hydrogens (primary N) is 1. The van der Waals surface area contributed by atoms with E-state index in [0.29, 0.717) is 47.6 Å². The summed E-state index contributed by atoms with van der Waals surface area (Å²) in [6.45, 7) is 4.38. The SMILES string of the molecule is CCOC(=O)CC[N+]1(C)CCc2c(sc(CC(=O)Cc3ccc(Cl)cc3)c2C(N)=O)C1.[Cl-]. The Kier molecular flexibility index (Phi) is 9.28. The van der Waals surface area contributed by atoms with Crippen molar-refractivity contribution in [2.75, 3.05) is 26.7 Å². The van der Waals surface area contributed by atoms with Gasteiger partial charge in [0.15, 0.2) is 0 Å². The van der Waals surface area contributed by atoms with Crippen molar-refractivity contribution in [1.29, 1.82) is 0 Å². The fourth-order valence-corrected chi connectivity index (χ4v) is 5.72. The zero-order valence-corrected chi connectivity index (χ0v) is 20.6. The van der Waals surface area contributed by atoms with Crippen LogP contribution in [0.5, 0.6) is 0 Å². The molecule has 1 amide bonds. The predicted molar refractivity (Wildman–Crippen MR) is 121 cm³/mol. The summed E-state index contributed by atoms with van der Waals surface area (Å²) in [5.74, 6) is -0.637. The minimum absolute atomic E-state index is 0. The fourth-order valence-electron chi connectivity index (χ4n) is 4.04. The highest BCUT2D eigenvalue weighted by Gasteiger charge is 2.34. The van der Waals surface area contributed by atoms with E-state index < -0.39 is 5.91 Å². The Morgan fingerprint density at radius 1 is 1.19 bits per heavy atom. The highest BCUT2D eigenvalue weighted by molar-refractivity contribution is 7.12. The smallest absolute Gasteiger partial charge is 0.311 e. The van der Waals surface area contributed by atoms with Crippen molar-refractivity contribution in [3.8, 4) is 0 Å². The van der Waals surface area contributed by atoms with Gasteiger partial charge in [-0.25, -0.2) is 0 Å². The lowest BCUT2D eigenvalue weighted by molar-refractivity contribution is -0.923. The number of primary amides is 1. The van der Waals surface area contributed by atoms with Crippen molar-refractivity contribution in [2.45, 2.75) is 39.2 Å². The van der Waals surface area contributed by atoms with E-state index in [1.54, 1.807) is 19.1 Å². The normalized spacial score (nSPS) is 17.2. The van der Waals surface area contributed by atoms with Crippen molar-refractivity contribution < 1.29 is 36.0 Å². The number of quaternary nitrogens is 1. The molecule has 0 aliphatic carbocycles. The molecule has 3 rings (SSSR count). The molecule has 1 aliphatic rings. The van der Waals surface area contributed by atoms with Gasteiger partial charge in [-0.1, -0.05) is 23.7 Å². The van der Waals surface area contributed by atoms with Crippen LogP contribution in [0.1, 0.15) is 44.6 Å². The molecule has 0 saturated carbocycles. The van der Waals surface area contributed by atoms with Crippen LogP contribution in [0.2, 0.25) is 5.02 Å². The monoisotopic (exact) mass is 498 g/mol. The maximum atomic E-state index is 12.7. The molecule has 1 aliphatic heterocycles. The van der Waals surface area contributed by atoms with Crippen LogP contribution in [0, 0.1) is 0 Å². The first-order valence-electron chi connectivity index (χ1n) is 10.4. The number of benzene rings is 1. The summed E-state index contributed by atoms with van der Waals surface area (Å²) in [6, 6.07) is 7.19. The van der Waals surface area contributed by atoms with Gasteiger partial charge in [0.25, 0.3) is 0 Å². The summed E-state index contributed by atoms with van der Waals surface area (Å²) in [4.78, 5) is 38.5. The molecule has 0 radical (unpaired) electrons. The van der Waals surface area contributed by atoms with Crippen LogP contribution in [0.15, 0.2) is 24.3 Å². The number of thiophene rings is 1. The summed E-state index contributed by atoms with van der Waals surface area (Å²) in [6.07, 6.45) is 1.53. The largest absolute Gasteiger partial charge is 1.00 e. The van der Waals surface area contributed by atoms with E-state index in [4.69, 9.17) is 22.1 Å². The van der Waals surface area contributed by atoms with E-state index in [2.05, 4.69) is 7.05 Å². The molecular formula is C23H28Cl2N2O4S. The van der Waals surface area contributed by atoms with Gasteiger partial charge in [-0.3, -0.25) is 14.4 Å². The summed E-state index contributed by atoms with van der Waals surface area (Å²) in [5, 5.41) is 0.627. The van der Waals surface area contributed by atoms with Crippen LogP contribution in [0.3, 0.4) is 0 Å². The number of carbonyl (C=O) groups excluding carboxylic acids is 3. The number of rotatable bonds is 9. The first-order valence-corrected chi connectivity index (χ1v) is 11.6. The van der Waals surface area contributed by atoms with Gasteiger partial charge in [0.05, 0.1) is 43.6 Å². The number of carbonyl (C=O) groups is 3. The van der Waals surface area contributed by atoms with Crippen molar-refractivity contribution in [2.24, 2.45) is 5.73 Å². The van der Waals surface area contributed by atoms with Gasteiger partial charge < -0.3 is 27.4 Å². The van der Waals surface area contributed by atoms with Crippen molar-refractivity contribution >= 4 is 40.6 Å².